The van der Waals surface area contributed by atoms with Crippen LogP contribution in [-0.4, -0.2) is 19.2 Å². The van der Waals surface area contributed by atoms with Crippen molar-refractivity contribution in [3.63, 3.8) is 0 Å². The van der Waals surface area contributed by atoms with Crippen LogP contribution in [0.15, 0.2) is 28.0 Å². The topological polar surface area (TPSA) is 67.0 Å². The van der Waals surface area contributed by atoms with E-state index in [9.17, 15) is 13.2 Å². The maximum atomic E-state index is 11.2. The van der Waals surface area contributed by atoms with Crippen LogP contribution in [0.25, 0.3) is 0 Å². The summed E-state index contributed by atoms with van der Waals surface area (Å²) in [5.41, 5.74) is -0.556. The molecule has 1 aromatic heterocycles. The minimum Gasteiger partial charge on any atom is -0.328 e. The van der Waals surface area contributed by atoms with Crippen LogP contribution in [0.1, 0.15) is 6.92 Å². The second kappa shape index (κ2) is 3.10. The highest BCUT2D eigenvalue weighted by Crippen LogP contribution is 2.02. The van der Waals surface area contributed by atoms with Crippen LogP contribution >= 0.6 is 0 Å². The number of pyridine rings is 1. The van der Waals surface area contributed by atoms with E-state index in [4.69, 9.17) is 0 Å². The third-order valence-corrected chi connectivity index (χ3v) is 3.25. The number of aromatic amines is 1. The first-order chi connectivity index (χ1) is 5.58. The first-order valence-corrected chi connectivity index (χ1v) is 5.13. The van der Waals surface area contributed by atoms with E-state index in [0.29, 0.717) is 0 Å². The average molecular weight is 187 g/mol. The summed E-state index contributed by atoms with van der Waals surface area (Å²) in [7, 11) is -3.37. The lowest BCUT2D eigenvalue weighted by Crippen LogP contribution is -2.17. The molecule has 0 unspecified atom stereocenters. The van der Waals surface area contributed by atoms with Gasteiger partial charge in [0.15, 0.2) is 9.84 Å². The number of aromatic nitrogens is 1. The molecular weight excluding hydrogens is 178 g/mol. The molecule has 0 saturated heterocycles. The second-order valence-electron chi connectivity index (χ2n) is 2.27. The third kappa shape index (κ3) is 1.55. The Morgan fingerprint density at radius 1 is 1.50 bits per heavy atom. The van der Waals surface area contributed by atoms with Crippen molar-refractivity contribution in [1.82, 2.24) is 4.98 Å². The highest BCUT2D eigenvalue weighted by atomic mass is 32.2. The highest BCUT2D eigenvalue weighted by molar-refractivity contribution is 7.91. The molecular formula is C7H9NO3S. The molecule has 66 valence electrons. The Labute approximate surface area is 70.2 Å². The van der Waals surface area contributed by atoms with Crippen LogP contribution in [0.2, 0.25) is 0 Å². The normalized spacial score (nSPS) is 11.4. The third-order valence-electron chi connectivity index (χ3n) is 1.50. The van der Waals surface area contributed by atoms with Gasteiger partial charge in [0.1, 0.15) is 4.90 Å². The summed E-state index contributed by atoms with van der Waals surface area (Å²) in [5, 5.41) is 0. The largest absolute Gasteiger partial charge is 0.328 e. The zero-order valence-corrected chi connectivity index (χ0v) is 7.39. The number of rotatable bonds is 2. The van der Waals surface area contributed by atoms with E-state index in [0.717, 1.165) is 0 Å². The Morgan fingerprint density at radius 3 is 2.67 bits per heavy atom. The summed E-state index contributed by atoms with van der Waals surface area (Å²) in [6, 6.07) is 2.79. The maximum absolute atomic E-state index is 11.2. The number of hydrogen-bond donors (Lipinski definition) is 1. The van der Waals surface area contributed by atoms with E-state index in [1.807, 2.05) is 0 Å². The van der Waals surface area contributed by atoms with Crippen molar-refractivity contribution in [2.45, 2.75) is 11.8 Å². The SMILES string of the molecule is CCS(=O)(=O)c1ccc[nH]c1=O. The molecule has 0 aliphatic heterocycles. The summed E-state index contributed by atoms with van der Waals surface area (Å²) in [6.45, 7) is 1.50. The van der Waals surface area contributed by atoms with Crippen LogP contribution < -0.4 is 5.56 Å². The molecule has 0 aromatic carbocycles. The van der Waals surface area contributed by atoms with Crippen molar-refractivity contribution in [3.8, 4) is 0 Å². The molecule has 0 fully saturated rings. The molecule has 5 heteroatoms. The van der Waals surface area contributed by atoms with Crippen molar-refractivity contribution in [2.75, 3.05) is 5.75 Å². The molecule has 0 aliphatic carbocycles. The van der Waals surface area contributed by atoms with Gasteiger partial charge in [0.25, 0.3) is 5.56 Å². The summed E-state index contributed by atoms with van der Waals surface area (Å²) >= 11 is 0. The Hall–Kier alpha value is -1.10. The summed E-state index contributed by atoms with van der Waals surface area (Å²) in [5.74, 6) is -0.0555. The molecule has 0 spiro atoms. The first-order valence-electron chi connectivity index (χ1n) is 3.48. The fourth-order valence-corrected chi connectivity index (χ4v) is 1.74. The van der Waals surface area contributed by atoms with Gasteiger partial charge >= 0.3 is 0 Å². The van der Waals surface area contributed by atoms with Gasteiger partial charge in [-0.3, -0.25) is 4.79 Å². The summed E-state index contributed by atoms with van der Waals surface area (Å²) in [6.07, 6.45) is 1.40. The van der Waals surface area contributed by atoms with Crippen LogP contribution in [0.3, 0.4) is 0 Å². The van der Waals surface area contributed by atoms with Gasteiger partial charge in [-0.1, -0.05) is 6.92 Å². The Kier molecular flexibility index (Phi) is 2.32. The van der Waals surface area contributed by atoms with Crippen molar-refractivity contribution in [3.05, 3.63) is 28.7 Å². The minimum atomic E-state index is -3.37. The fraction of sp³-hybridized carbons (Fsp3) is 0.286. The molecule has 0 aliphatic rings. The lowest BCUT2D eigenvalue weighted by Gasteiger charge is -1.97. The van der Waals surface area contributed by atoms with Crippen LogP contribution in [0.5, 0.6) is 0 Å². The quantitative estimate of drug-likeness (QED) is 0.717. The van der Waals surface area contributed by atoms with E-state index < -0.39 is 15.4 Å². The molecule has 12 heavy (non-hydrogen) atoms. The highest BCUT2D eigenvalue weighted by Gasteiger charge is 2.14. The van der Waals surface area contributed by atoms with Gasteiger partial charge in [-0.05, 0) is 12.1 Å². The van der Waals surface area contributed by atoms with Gasteiger partial charge in [-0.2, -0.15) is 0 Å². The molecule has 0 bridgehead atoms. The summed E-state index contributed by atoms with van der Waals surface area (Å²) in [4.78, 5) is 13.1. The van der Waals surface area contributed by atoms with E-state index in [-0.39, 0.29) is 10.6 Å². The Bertz CT molecular complexity index is 418. The predicted molar refractivity (Wildman–Crippen MR) is 44.8 cm³/mol. The zero-order valence-electron chi connectivity index (χ0n) is 6.57. The number of hydrogen-bond acceptors (Lipinski definition) is 3. The molecule has 1 rings (SSSR count). The van der Waals surface area contributed by atoms with Gasteiger partial charge in [0.05, 0.1) is 5.75 Å². The smallest absolute Gasteiger partial charge is 0.266 e. The summed E-state index contributed by atoms with van der Waals surface area (Å²) < 4.78 is 22.4. The first kappa shape index (κ1) is 8.99. The zero-order chi connectivity index (χ0) is 9.19. The minimum absolute atomic E-state index is 0.0555. The van der Waals surface area contributed by atoms with Crippen LogP contribution in [0, 0.1) is 0 Å². The van der Waals surface area contributed by atoms with E-state index in [2.05, 4.69) is 4.98 Å². The van der Waals surface area contributed by atoms with Crippen LogP contribution in [-0.2, 0) is 9.84 Å². The molecule has 0 radical (unpaired) electrons. The van der Waals surface area contributed by atoms with E-state index >= 15 is 0 Å². The van der Waals surface area contributed by atoms with E-state index in [1.54, 1.807) is 0 Å². The van der Waals surface area contributed by atoms with Gasteiger partial charge in [-0.15, -0.1) is 0 Å². The second-order valence-corrected chi connectivity index (χ2v) is 4.51. The van der Waals surface area contributed by atoms with Gasteiger partial charge in [0, 0.05) is 6.20 Å². The number of nitrogens with one attached hydrogen (secondary N) is 1. The molecule has 1 aromatic rings. The lowest BCUT2D eigenvalue weighted by atomic mass is 10.5. The van der Waals surface area contributed by atoms with Gasteiger partial charge in [0.2, 0.25) is 0 Å². The molecule has 0 saturated carbocycles. The Morgan fingerprint density at radius 2 is 2.17 bits per heavy atom. The predicted octanol–water partition coefficient (Wildman–Crippen LogP) is 0.169. The van der Waals surface area contributed by atoms with Gasteiger partial charge < -0.3 is 4.98 Å². The Balaban J connectivity index is 3.40. The van der Waals surface area contributed by atoms with Gasteiger partial charge in [-0.25, -0.2) is 8.42 Å². The molecule has 4 nitrogen and oxygen atoms in total. The standard InChI is InChI=1S/C7H9NO3S/c1-2-12(10,11)6-4-3-5-8-7(6)9/h3-5H,2H2,1H3,(H,8,9). The van der Waals surface area contributed by atoms with Crippen molar-refractivity contribution >= 4 is 9.84 Å². The molecule has 0 atom stereocenters. The van der Waals surface area contributed by atoms with Crippen molar-refractivity contribution in [1.29, 1.82) is 0 Å². The monoisotopic (exact) mass is 187 g/mol. The number of sulfone groups is 1. The molecule has 0 amide bonds. The van der Waals surface area contributed by atoms with Crippen LogP contribution in [0.4, 0.5) is 0 Å². The molecule has 1 heterocycles. The average Bonchev–Trinajstić information content (AvgIpc) is 2.05. The fourth-order valence-electron chi connectivity index (χ4n) is 0.807. The van der Waals surface area contributed by atoms with E-state index in [1.165, 1.54) is 25.3 Å². The lowest BCUT2D eigenvalue weighted by molar-refractivity contribution is 0.596. The molecule has 1 N–H and O–H groups in total. The maximum Gasteiger partial charge on any atom is 0.266 e. The van der Waals surface area contributed by atoms with Crippen molar-refractivity contribution < 1.29 is 8.42 Å². The van der Waals surface area contributed by atoms with Crippen molar-refractivity contribution in [2.24, 2.45) is 0 Å². The number of H-pyrrole nitrogens is 1.